The van der Waals surface area contributed by atoms with Crippen molar-refractivity contribution in [3.05, 3.63) is 60.3 Å². The van der Waals surface area contributed by atoms with Crippen LogP contribution < -0.4 is 4.74 Å². The van der Waals surface area contributed by atoms with Gasteiger partial charge in [-0.15, -0.1) is 0 Å². The topological polar surface area (TPSA) is 31.2 Å². The van der Waals surface area contributed by atoms with E-state index in [0.29, 0.717) is 11.4 Å². The molecule has 20 heavy (non-hydrogen) atoms. The summed E-state index contributed by atoms with van der Waals surface area (Å²) < 4.78 is 7.22. The third kappa shape index (κ3) is 1.87. The summed E-state index contributed by atoms with van der Waals surface area (Å²) in [5.41, 5.74) is 2.11. The van der Waals surface area contributed by atoms with Crippen LogP contribution in [0, 0.1) is 0 Å². The molecule has 0 unspecified atom stereocenters. The van der Waals surface area contributed by atoms with Gasteiger partial charge in [0.25, 0.3) is 5.24 Å². The molecule has 3 rings (SSSR count). The van der Waals surface area contributed by atoms with Gasteiger partial charge in [-0.1, -0.05) is 30.3 Å². The summed E-state index contributed by atoms with van der Waals surface area (Å²) in [6.45, 7) is 0. The molecule has 0 atom stereocenters. The zero-order valence-electron chi connectivity index (χ0n) is 10.8. The average Bonchev–Trinajstić information content (AvgIpc) is 2.82. The second kappa shape index (κ2) is 5.02. The van der Waals surface area contributed by atoms with E-state index >= 15 is 0 Å². The summed E-state index contributed by atoms with van der Waals surface area (Å²) in [5.74, 6) is 0.504. The van der Waals surface area contributed by atoms with E-state index in [0.717, 1.165) is 16.6 Å². The van der Waals surface area contributed by atoms with Crippen molar-refractivity contribution in [3.63, 3.8) is 0 Å². The van der Waals surface area contributed by atoms with Crippen molar-refractivity contribution in [3.8, 4) is 11.4 Å². The van der Waals surface area contributed by atoms with Crippen LogP contribution in [0.15, 0.2) is 54.6 Å². The highest BCUT2D eigenvalue weighted by Crippen LogP contribution is 2.36. The number of carbonyl (C=O) groups excluding carboxylic acids is 1. The molecule has 0 saturated heterocycles. The smallest absolute Gasteiger partial charge is 0.273 e. The molecule has 1 heterocycles. The number of methoxy groups -OCH3 is 1. The molecule has 0 amide bonds. The van der Waals surface area contributed by atoms with E-state index in [4.69, 9.17) is 16.3 Å². The van der Waals surface area contributed by atoms with E-state index in [1.54, 1.807) is 7.11 Å². The number of hydrogen-bond donors (Lipinski definition) is 0. The molecular weight excluding hydrogens is 274 g/mol. The lowest BCUT2D eigenvalue weighted by Crippen LogP contribution is -2.04. The van der Waals surface area contributed by atoms with Gasteiger partial charge in [0.05, 0.1) is 12.6 Å². The number of para-hydroxylation sites is 2. The summed E-state index contributed by atoms with van der Waals surface area (Å²) in [7, 11) is 1.54. The van der Waals surface area contributed by atoms with Gasteiger partial charge in [-0.2, -0.15) is 0 Å². The van der Waals surface area contributed by atoms with Gasteiger partial charge < -0.3 is 9.30 Å². The van der Waals surface area contributed by atoms with Crippen LogP contribution in [0.5, 0.6) is 5.75 Å². The Morgan fingerprint density at radius 2 is 1.70 bits per heavy atom. The predicted octanol–water partition coefficient (Wildman–Crippen LogP) is 4.02. The molecule has 0 N–H and O–H groups in total. The van der Waals surface area contributed by atoms with Gasteiger partial charge in [0, 0.05) is 11.1 Å². The minimum Gasteiger partial charge on any atom is -0.494 e. The Morgan fingerprint density at radius 1 is 1.05 bits per heavy atom. The fourth-order valence-electron chi connectivity index (χ4n) is 2.44. The molecule has 2 aromatic carbocycles. The van der Waals surface area contributed by atoms with Crippen LogP contribution in [-0.4, -0.2) is 16.9 Å². The highest BCUT2D eigenvalue weighted by molar-refractivity contribution is 6.68. The van der Waals surface area contributed by atoms with Crippen molar-refractivity contribution in [2.45, 2.75) is 0 Å². The van der Waals surface area contributed by atoms with Gasteiger partial charge in [-0.3, -0.25) is 4.79 Å². The first-order valence-corrected chi connectivity index (χ1v) is 6.54. The fraction of sp³-hybridized carbons (Fsp3) is 0.0625. The Labute approximate surface area is 121 Å². The van der Waals surface area contributed by atoms with Crippen LogP contribution in [0.1, 0.15) is 10.5 Å². The van der Waals surface area contributed by atoms with Crippen LogP contribution in [-0.2, 0) is 0 Å². The van der Waals surface area contributed by atoms with Crippen molar-refractivity contribution >= 4 is 27.7 Å². The van der Waals surface area contributed by atoms with Crippen molar-refractivity contribution in [1.82, 2.24) is 4.57 Å². The molecular formula is C16H12ClNO2. The highest BCUT2D eigenvalue weighted by Gasteiger charge is 2.22. The number of ether oxygens (including phenoxy) is 1. The van der Waals surface area contributed by atoms with Crippen molar-refractivity contribution in [2.75, 3.05) is 7.11 Å². The largest absolute Gasteiger partial charge is 0.494 e. The van der Waals surface area contributed by atoms with E-state index in [2.05, 4.69) is 0 Å². The van der Waals surface area contributed by atoms with Crippen molar-refractivity contribution < 1.29 is 9.53 Å². The maximum Gasteiger partial charge on any atom is 0.273 e. The summed E-state index contributed by atoms with van der Waals surface area (Å²) in [5, 5.41) is 0.324. The Hall–Kier alpha value is -2.26. The fourth-order valence-corrected chi connectivity index (χ4v) is 2.61. The normalized spacial score (nSPS) is 10.7. The maximum atomic E-state index is 11.9. The van der Waals surface area contributed by atoms with E-state index in [-0.39, 0.29) is 0 Å². The first kappa shape index (κ1) is 12.8. The average molecular weight is 286 g/mol. The third-order valence-corrected chi connectivity index (χ3v) is 3.41. The zero-order valence-corrected chi connectivity index (χ0v) is 11.6. The Bertz CT molecular complexity index is 778. The number of rotatable bonds is 3. The molecule has 0 saturated carbocycles. The van der Waals surface area contributed by atoms with Crippen molar-refractivity contribution in [1.29, 1.82) is 0 Å². The van der Waals surface area contributed by atoms with Crippen LogP contribution in [0.4, 0.5) is 0 Å². The molecule has 4 heteroatoms. The van der Waals surface area contributed by atoms with Gasteiger partial charge in [0.2, 0.25) is 0 Å². The first-order chi connectivity index (χ1) is 9.74. The lowest BCUT2D eigenvalue weighted by Gasteiger charge is -2.08. The highest BCUT2D eigenvalue weighted by atomic mass is 35.5. The third-order valence-electron chi connectivity index (χ3n) is 3.23. The molecule has 0 bridgehead atoms. The SMILES string of the molecule is COc1c(C(=O)Cl)n(-c2ccccc2)c2ccccc12. The zero-order chi connectivity index (χ0) is 14.1. The quantitative estimate of drug-likeness (QED) is 0.681. The summed E-state index contributed by atoms with van der Waals surface area (Å²) in [6, 6.07) is 17.3. The van der Waals surface area contributed by atoms with Crippen LogP contribution in [0.25, 0.3) is 16.6 Å². The summed E-state index contributed by atoms with van der Waals surface area (Å²) in [6.07, 6.45) is 0. The second-order valence-corrected chi connectivity index (χ2v) is 4.69. The molecule has 0 fully saturated rings. The minimum absolute atomic E-state index is 0.349. The Kier molecular flexibility index (Phi) is 3.20. The molecule has 0 spiro atoms. The molecule has 100 valence electrons. The lowest BCUT2D eigenvalue weighted by molar-refractivity contribution is 0.107. The van der Waals surface area contributed by atoms with Crippen LogP contribution >= 0.6 is 11.6 Å². The van der Waals surface area contributed by atoms with Crippen LogP contribution in [0.2, 0.25) is 0 Å². The van der Waals surface area contributed by atoms with Crippen molar-refractivity contribution in [2.24, 2.45) is 0 Å². The van der Waals surface area contributed by atoms with Gasteiger partial charge in [0.15, 0.2) is 5.75 Å². The van der Waals surface area contributed by atoms with Gasteiger partial charge in [-0.25, -0.2) is 0 Å². The molecule has 3 nitrogen and oxygen atoms in total. The van der Waals surface area contributed by atoms with E-state index < -0.39 is 5.24 Å². The molecule has 0 aliphatic heterocycles. The van der Waals surface area contributed by atoms with Crippen LogP contribution in [0.3, 0.4) is 0 Å². The van der Waals surface area contributed by atoms with E-state index in [9.17, 15) is 4.79 Å². The number of fused-ring (bicyclic) bond motifs is 1. The predicted molar refractivity (Wildman–Crippen MR) is 80.0 cm³/mol. The number of hydrogen-bond acceptors (Lipinski definition) is 2. The Morgan fingerprint density at radius 3 is 2.35 bits per heavy atom. The van der Waals surface area contributed by atoms with Gasteiger partial charge in [0.1, 0.15) is 5.69 Å². The number of aromatic nitrogens is 1. The molecule has 0 aliphatic rings. The van der Waals surface area contributed by atoms with Gasteiger partial charge in [-0.05, 0) is 35.9 Å². The van der Waals surface area contributed by atoms with Gasteiger partial charge >= 0.3 is 0 Å². The number of carbonyl (C=O) groups is 1. The Balaban J connectivity index is 2.46. The standard InChI is InChI=1S/C16H12ClNO2/c1-20-15-12-9-5-6-10-13(12)18(14(15)16(17)19)11-7-3-2-4-8-11/h2-10H,1H3. The number of halogens is 1. The number of nitrogens with zero attached hydrogens (tertiary/aromatic N) is 1. The molecule has 0 aliphatic carbocycles. The monoisotopic (exact) mass is 285 g/mol. The minimum atomic E-state index is -0.540. The molecule has 1 aromatic heterocycles. The lowest BCUT2D eigenvalue weighted by atomic mass is 10.2. The summed E-state index contributed by atoms with van der Waals surface area (Å²) in [4.78, 5) is 11.9. The molecule has 3 aromatic rings. The van der Waals surface area contributed by atoms with E-state index in [1.807, 2.05) is 59.2 Å². The summed E-state index contributed by atoms with van der Waals surface area (Å²) >= 11 is 5.77. The molecule has 0 radical (unpaired) electrons. The second-order valence-electron chi connectivity index (χ2n) is 4.34. The first-order valence-electron chi connectivity index (χ1n) is 6.16. The number of benzene rings is 2. The van der Waals surface area contributed by atoms with E-state index in [1.165, 1.54) is 0 Å². The maximum absolute atomic E-state index is 11.9.